The number of nitrogens with one attached hydrogen (secondary N) is 2. The van der Waals surface area contributed by atoms with Crippen molar-refractivity contribution in [1.82, 2.24) is 15.3 Å². The number of benzene rings is 2. The summed E-state index contributed by atoms with van der Waals surface area (Å²) < 4.78 is 26.1. The maximum Gasteiger partial charge on any atom is 0.256 e. The molecule has 0 bridgehead atoms. The molecular weight excluding hydrogens is 502 g/mol. The van der Waals surface area contributed by atoms with Gasteiger partial charge in [0.05, 0.1) is 25.0 Å². The minimum Gasteiger partial charge on any atom is -0.355 e. The van der Waals surface area contributed by atoms with Crippen molar-refractivity contribution in [1.29, 1.82) is 0 Å². The van der Waals surface area contributed by atoms with Gasteiger partial charge in [0.2, 0.25) is 15.9 Å². The number of rotatable bonds is 12. The predicted octanol–water partition coefficient (Wildman–Crippen LogP) is 3.75. The lowest BCUT2D eigenvalue weighted by molar-refractivity contribution is -0.145. The largest absolute Gasteiger partial charge is 0.355 e. The highest BCUT2D eigenvalue weighted by Crippen LogP contribution is 2.26. The van der Waals surface area contributed by atoms with Crippen molar-refractivity contribution in [2.24, 2.45) is 5.92 Å². The van der Waals surface area contributed by atoms with Gasteiger partial charge in [0.25, 0.3) is 5.91 Å². The highest BCUT2D eigenvalue weighted by atomic mass is 32.2. The summed E-state index contributed by atoms with van der Waals surface area (Å²) in [5, 5.41) is 6.54. The van der Waals surface area contributed by atoms with Crippen LogP contribution in [-0.4, -0.2) is 63.2 Å². The van der Waals surface area contributed by atoms with Gasteiger partial charge >= 0.3 is 0 Å². The Balaban J connectivity index is 0.00000507. The highest BCUT2D eigenvalue weighted by Gasteiger charge is 2.27. The van der Waals surface area contributed by atoms with Crippen molar-refractivity contribution in [3.05, 3.63) is 59.2 Å². The lowest BCUT2D eigenvalue weighted by Crippen LogP contribution is -2.48. The standard InChI is InChI=1S/C27H39N5O4S.CH4/c1-20(2)9-8-14-28-26(33)18-31(25-15-24(13-12-21(25)3)29-37(5,35)36)19-27(34)30(4)32-16-22-10-6-7-11-23(22)17-32;/h6-7,10-13,15,20,29H,8-9,14,16-19H2,1-5H3,(H,28,33);1H4. The van der Waals surface area contributed by atoms with Crippen molar-refractivity contribution in [3.63, 3.8) is 0 Å². The Bertz CT molecular complexity index is 1190. The molecule has 1 aliphatic heterocycles. The van der Waals surface area contributed by atoms with Crippen LogP contribution in [0.4, 0.5) is 11.4 Å². The Morgan fingerprint density at radius 3 is 2.26 bits per heavy atom. The van der Waals surface area contributed by atoms with Crippen LogP contribution in [0.5, 0.6) is 0 Å². The van der Waals surface area contributed by atoms with E-state index >= 15 is 0 Å². The van der Waals surface area contributed by atoms with Crippen molar-refractivity contribution < 1.29 is 18.0 Å². The second-order valence-corrected chi connectivity index (χ2v) is 11.9. The summed E-state index contributed by atoms with van der Waals surface area (Å²) in [5.74, 6) is 0.209. The number of amides is 2. The first-order chi connectivity index (χ1) is 17.4. The monoisotopic (exact) mass is 545 g/mol. The molecule has 10 heteroatoms. The molecule has 1 heterocycles. The van der Waals surface area contributed by atoms with E-state index in [1.807, 2.05) is 24.1 Å². The number of hydrogen-bond donors (Lipinski definition) is 2. The normalized spacial score (nSPS) is 13.0. The van der Waals surface area contributed by atoms with Crippen LogP contribution in [0.1, 0.15) is 50.8 Å². The third-order valence-electron chi connectivity index (χ3n) is 6.40. The van der Waals surface area contributed by atoms with Gasteiger partial charge in [0, 0.05) is 32.4 Å². The predicted molar refractivity (Wildman–Crippen MR) is 154 cm³/mol. The second kappa shape index (κ2) is 13.6. The Morgan fingerprint density at radius 2 is 1.68 bits per heavy atom. The molecule has 0 radical (unpaired) electrons. The number of anilines is 2. The summed E-state index contributed by atoms with van der Waals surface area (Å²) in [4.78, 5) is 28.0. The Hall–Kier alpha value is -3.11. The molecule has 38 heavy (non-hydrogen) atoms. The molecule has 3 rings (SSSR count). The van der Waals surface area contributed by atoms with E-state index in [1.54, 1.807) is 35.2 Å². The summed E-state index contributed by atoms with van der Waals surface area (Å²) in [6, 6.07) is 13.2. The Labute approximate surface area is 228 Å². The molecule has 2 aromatic rings. The number of likely N-dealkylation sites (N-methyl/N-ethyl adjacent to an activating group) is 1. The van der Waals surface area contributed by atoms with Crippen molar-refractivity contribution in [2.45, 2.75) is 54.1 Å². The van der Waals surface area contributed by atoms with Gasteiger partial charge in [-0.25, -0.2) is 13.4 Å². The van der Waals surface area contributed by atoms with Crippen LogP contribution in [0.2, 0.25) is 0 Å². The first-order valence-electron chi connectivity index (χ1n) is 12.6. The molecular formula is C28H43N5O4S. The van der Waals surface area contributed by atoms with E-state index in [0.29, 0.717) is 36.9 Å². The quantitative estimate of drug-likeness (QED) is 0.394. The van der Waals surface area contributed by atoms with Gasteiger partial charge in [-0.15, -0.1) is 0 Å². The third-order valence-corrected chi connectivity index (χ3v) is 7.01. The van der Waals surface area contributed by atoms with Gasteiger partial charge in [-0.3, -0.25) is 19.3 Å². The highest BCUT2D eigenvalue weighted by molar-refractivity contribution is 7.92. The topological polar surface area (TPSA) is 102 Å². The van der Waals surface area contributed by atoms with E-state index in [4.69, 9.17) is 0 Å². The van der Waals surface area contributed by atoms with E-state index in [9.17, 15) is 18.0 Å². The zero-order valence-electron chi connectivity index (χ0n) is 22.5. The van der Waals surface area contributed by atoms with Gasteiger partial charge < -0.3 is 10.2 Å². The Morgan fingerprint density at radius 1 is 1.05 bits per heavy atom. The van der Waals surface area contributed by atoms with E-state index in [2.05, 4.69) is 36.0 Å². The van der Waals surface area contributed by atoms with Gasteiger partial charge in [-0.1, -0.05) is 51.6 Å². The minimum atomic E-state index is -3.48. The molecule has 0 unspecified atom stereocenters. The first-order valence-corrected chi connectivity index (χ1v) is 14.5. The zero-order chi connectivity index (χ0) is 27.2. The number of hydrazine groups is 1. The average molecular weight is 546 g/mol. The molecule has 0 saturated carbocycles. The Kier molecular flexibility index (Phi) is 11.1. The van der Waals surface area contributed by atoms with Crippen LogP contribution in [0, 0.1) is 12.8 Å². The van der Waals surface area contributed by atoms with Gasteiger partial charge in [-0.2, -0.15) is 0 Å². The molecule has 2 aromatic carbocycles. The SMILES string of the molecule is C.Cc1ccc(NS(C)(=O)=O)cc1N(CC(=O)NCCCC(C)C)CC(=O)N(C)N1Cc2ccccc2C1. The average Bonchev–Trinajstić information content (AvgIpc) is 3.25. The summed E-state index contributed by atoms with van der Waals surface area (Å²) >= 11 is 0. The minimum absolute atomic E-state index is 0. The molecule has 2 N–H and O–H groups in total. The van der Waals surface area contributed by atoms with Gasteiger partial charge in [0.15, 0.2) is 0 Å². The molecule has 1 aliphatic rings. The van der Waals surface area contributed by atoms with Crippen LogP contribution >= 0.6 is 0 Å². The number of aryl methyl sites for hydroxylation is 1. The lowest BCUT2D eigenvalue weighted by Gasteiger charge is -2.32. The van der Waals surface area contributed by atoms with Crippen molar-refractivity contribution in [3.8, 4) is 0 Å². The fraction of sp³-hybridized carbons (Fsp3) is 0.500. The van der Waals surface area contributed by atoms with Gasteiger partial charge in [-0.05, 0) is 54.5 Å². The van der Waals surface area contributed by atoms with Crippen molar-refractivity contribution in [2.75, 3.05) is 42.6 Å². The molecule has 0 aromatic heterocycles. The summed E-state index contributed by atoms with van der Waals surface area (Å²) in [6.45, 7) is 7.95. The van der Waals surface area contributed by atoms with E-state index in [1.165, 1.54) is 11.1 Å². The molecule has 2 amide bonds. The second-order valence-electron chi connectivity index (χ2n) is 10.1. The molecule has 9 nitrogen and oxygen atoms in total. The van der Waals surface area contributed by atoms with Crippen LogP contribution in [0.3, 0.4) is 0 Å². The molecule has 210 valence electrons. The van der Waals surface area contributed by atoms with Crippen LogP contribution < -0.4 is 14.9 Å². The van der Waals surface area contributed by atoms with Crippen LogP contribution in [0.25, 0.3) is 0 Å². The third kappa shape index (κ3) is 9.02. The van der Waals surface area contributed by atoms with Crippen molar-refractivity contribution >= 4 is 33.2 Å². The number of carbonyl (C=O) groups is 2. The number of nitrogens with zero attached hydrogens (tertiary/aromatic N) is 3. The van der Waals surface area contributed by atoms with Gasteiger partial charge in [0.1, 0.15) is 0 Å². The smallest absolute Gasteiger partial charge is 0.256 e. The fourth-order valence-electron chi connectivity index (χ4n) is 4.37. The lowest BCUT2D eigenvalue weighted by atomic mass is 10.1. The number of fused-ring (bicyclic) bond motifs is 1. The maximum absolute atomic E-state index is 13.4. The number of sulfonamides is 1. The molecule has 0 aliphatic carbocycles. The number of carbonyl (C=O) groups excluding carboxylic acids is 2. The van der Waals surface area contributed by atoms with Crippen LogP contribution in [0.15, 0.2) is 42.5 Å². The van der Waals surface area contributed by atoms with E-state index < -0.39 is 10.0 Å². The molecule has 0 fully saturated rings. The molecule has 0 saturated heterocycles. The summed E-state index contributed by atoms with van der Waals surface area (Å²) in [7, 11) is -1.74. The zero-order valence-corrected chi connectivity index (χ0v) is 23.3. The molecule has 0 atom stereocenters. The molecule has 0 spiro atoms. The fourth-order valence-corrected chi connectivity index (χ4v) is 4.93. The van der Waals surface area contributed by atoms with Crippen LogP contribution in [-0.2, 0) is 32.7 Å². The summed E-state index contributed by atoms with van der Waals surface area (Å²) in [5.41, 5.74) is 4.21. The van der Waals surface area contributed by atoms with E-state index in [-0.39, 0.29) is 32.3 Å². The first kappa shape index (κ1) is 31.1. The maximum atomic E-state index is 13.4. The summed E-state index contributed by atoms with van der Waals surface area (Å²) in [6.07, 6.45) is 2.98. The number of hydrogen-bond acceptors (Lipinski definition) is 6. The van der Waals surface area contributed by atoms with E-state index in [0.717, 1.165) is 24.7 Å².